The third-order valence-corrected chi connectivity index (χ3v) is 5.75. The molecule has 0 saturated carbocycles. The predicted octanol–water partition coefficient (Wildman–Crippen LogP) is 3.10. The molecule has 0 aliphatic carbocycles. The number of aliphatic imine (C=N–C) groups is 1. The minimum Gasteiger partial charge on any atom is -0.490 e. The number of rotatable bonds is 9. The van der Waals surface area contributed by atoms with Gasteiger partial charge in [0, 0.05) is 37.7 Å². The molecule has 1 aromatic heterocycles. The van der Waals surface area contributed by atoms with E-state index in [1.54, 1.807) is 7.05 Å². The molecule has 3 rings (SSSR count). The van der Waals surface area contributed by atoms with Gasteiger partial charge in [0.2, 0.25) is 5.88 Å². The van der Waals surface area contributed by atoms with Gasteiger partial charge in [-0.15, -0.1) is 0 Å². The van der Waals surface area contributed by atoms with E-state index < -0.39 is 0 Å². The van der Waals surface area contributed by atoms with Gasteiger partial charge in [-0.05, 0) is 36.3 Å². The van der Waals surface area contributed by atoms with E-state index in [-0.39, 0.29) is 0 Å². The Balaban J connectivity index is 1.34. The number of hydrogen-bond donors (Lipinski definition) is 2. The summed E-state index contributed by atoms with van der Waals surface area (Å²) in [7, 11) is 1.80. The summed E-state index contributed by atoms with van der Waals surface area (Å²) in [6.45, 7) is 2.56. The molecule has 1 aliphatic rings. The van der Waals surface area contributed by atoms with Crippen molar-refractivity contribution in [3.63, 3.8) is 0 Å². The normalized spacial score (nSPS) is 16.6. The van der Waals surface area contributed by atoms with E-state index in [2.05, 4.69) is 20.6 Å². The van der Waals surface area contributed by atoms with Gasteiger partial charge in [0.05, 0.1) is 0 Å². The number of aromatic nitrogens is 1. The van der Waals surface area contributed by atoms with Crippen LogP contribution >= 0.6 is 11.8 Å². The first-order valence-electron chi connectivity index (χ1n) is 9.65. The highest BCUT2D eigenvalue weighted by molar-refractivity contribution is 8.00. The van der Waals surface area contributed by atoms with Crippen LogP contribution in [0.5, 0.6) is 11.6 Å². The van der Waals surface area contributed by atoms with E-state index in [9.17, 15) is 0 Å². The fourth-order valence-electron chi connectivity index (χ4n) is 2.85. The summed E-state index contributed by atoms with van der Waals surface area (Å²) in [5.41, 5.74) is 1.08. The lowest BCUT2D eigenvalue weighted by Gasteiger charge is -2.15. The molecule has 7 heteroatoms. The zero-order chi connectivity index (χ0) is 19.4. The number of nitrogens with zero attached hydrogens (tertiary/aromatic N) is 2. The summed E-state index contributed by atoms with van der Waals surface area (Å²) < 4.78 is 11.2. The van der Waals surface area contributed by atoms with Crippen molar-refractivity contribution in [1.82, 2.24) is 15.6 Å². The number of benzene rings is 1. The van der Waals surface area contributed by atoms with Crippen LogP contribution in [0.2, 0.25) is 0 Å². The number of ether oxygens (including phenoxy) is 2. The highest BCUT2D eigenvalue weighted by Gasteiger charge is 2.15. The van der Waals surface area contributed by atoms with Crippen molar-refractivity contribution in [2.24, 2.45) is 4.99 Å². The molecule has 1 aromatic carbocycles. The van der Waals surface area contributed by atoms with Crippen LogP contribution in [0.15, 0.2) is 53.7 Å². The van der Waals surface area contributed by atoms with E-state index in [0.29, 0.717) is 30.9 Å². The zero-order valence-corrected chi connectivity index (χ0v) is 17.1. The van der Waals surface area contributed by atoms with Crippen LogP contribution in [-0.2, 0) is 6.54 Å². The fourth-order valence-corrected chi connectivity index (χ4v) is 4.05. The van der Waals surface area contributed by atoms with Crippen LogP contribution in [0.3, 0.4) is 0 Å². The number of guanidine groups is 1. The van der Waals surface area contributed by atoms with Gasteiger partial charge in [-0.3, -0.25) is 4.99 Å². The smallest absolute Gasteiger partial charge is 0.213 e. The summed E-state index contributed by atoms with van der Waals surface area (Å²) in [5, 5.41) is 7.43. The van der Waals surface area contributed by atoms with Gasteiger partial charge >= 0.3 is 0 Å². The molecule has 28 heavy (non-hydrogen) atoms. The highest BCUT2D eigenvalue weighted by Crippen LogP contribution is 2.25. The van der Waals surface area contributed by atoms with Gasteiger partial charge in [-0.2, -0.15) is 11.8 Å². The van der Waals surface area contributed by atoms with Crippen molar-refractivity contribution in [2.45, 2.75) is 24.6 Å². The molecule has 0 bridgehead atoms. The first-order valence-corrected chi connectivity index (χ1v) is 10.7. The molecule has 1 fully saturated rings. The van der Waals surface area contributed by atoms with Crippen LogP contribution in [0.4, 0.5) is 0 Å². The number of para-hydroxylation sites is 1. The average molecular weight is 401 g/mol. The maximum atomic E-state index is 5.63. The molecule has 0 spiro atoms. The lowest BCUT2D eigenvalue weighted by atomic mass is 10.2. The zero-order valence-electron chi connectivity index (χ0n) is 16.3. The number of nitrogens with one attached hydrogen (secondary N) is 2. The molecule has 2 aromatic rings. The average Bonchev–Trinajstić information content (AvgIpc) is 3.27. The second kappa shape index (κ2) is 11.4. The Bertz CT molecular complexity index is 719. The largest absolute Gasteiger partial charge is 0.490 e. The molecule has 1 unspecified atom stereocenters. The van der Waals surface area contributed by atoms with Gasteiger partial charge in [0.25, 0.3) is 0 Å². The van der Waals surface area contributed by atoms with E-state index in [1.807, 2.05) is 60.4 Å². The SMILES string of the molecule is CN=C(NCc1ccc(OCCOc2ccccc2)nc1)NCC1CCCS1. The molecule has 2 heterocycles. The molecular weight excluding hydrogens is 372 g/mol. The van der Waals surface area contributed by atoms with Crippen LogP contribution in [0, 0.1) is 0 Å². The van der Waals surface area contributed by atoms with Crippen LogP contribution in [-0.4, -0.2) is 48.8 Å². The van der Waals surface area contributed by atoms with Crippen LogP contribution in [0.1, 0.15) is 18.4 Å². The molecule has 1 aliphatic heterocycles. The van der Waals surface area contributed by atoms with Gasteiger partial charge in [0.15, 0.2) is 5.96 Å². The van der Waals surface area contributed by atoms with Crippen molar-refractivity contribution < 1.29 is 9.47 Å². The molecule has 1 atom stereocenters. The number of hydrogen-bond acceptors (Lipinski definition) is 5. The monoisotopic (exact) mass is 400 g/mol. The lowest BCUT2D eigenvalue weighted by molar-refractivity contribution is 0.212. The Labute approximate surface area is 171 Å². The Morgan fingerprint density at radius 2 is 2.00 bits per heavy atom. The van der Waals surface area contributed by atoms with Crippen molar-refractivity contribution >= 4 is 17.7 Å². The quantitative estimate of drug-likeness (QED) is 0.383. The summed E-state index contributed by atoms with van der Waals surface area (Å²) in [4.78, 5) is 8.64. The molecular formula is C21H28N4O2S. The Kier molecular flexibility index (Phi) is 8.30. The summed E-state index contributed by atoms with van der Waals surface area (Å²) in [6.07, 6.45) is 4.43. The standard InChI is InChI=1S/C21H28N4O2S/c1-22-21(25-16-19-8-5-13-28-19)24-15-17-9-10-20(23-14-17)27-12-11-26-18-6-3-2-4-7-18/h2-4,6-7,9-10,14,19H,5,8,11-13,15-16H2,1H3,(H2,22,24,25). The van der Waals surface area contributed by atoms with E-state index in [4.69, 9.17) is 9.47 Å². The molecule has 0 radical (unpaired) electrons. The Morgan fingerprint density at radius 1 is 1.14 bits per heavy atom. The van der Waals surface area contributed by atoms with Gasteiger partial charge in [-0.25, -0.2) is 4.98 Å². The third kappa shape index (κ3) is 6.96. The highest BCUT2D eigenvalue weighted by atomic mass is 32.2. The van der Waals surface area contributed by atoms with E-state index >= 15 is 0 Å². The van der Waals surface area contributed by atoms with Gasteiger partial charge in [0.1, 0.15) is 19.0 Å². The van der Waals surface area contributed by atoms with E-state index in [0.717, 1.165) is 23.8 Å². The minimum atomic E-state index is 0.454. The van der Waals surface area contributed by atoms with Gasteiger partial charge in [-0.1, -0.05) is 24.3 Å². The van der Waals surface area contributed by atoms with Crippen molar-refractivity contribution in [2.75, 3.05) is 32.6 Å². The van der Waals surface area contributed by atoms with Gasteiger partial charge < -0.3 is 20.1 Å². The molecule has 6 nitrogen and oxygen atoms in total. The molecule has 1 saturated heterocycles. The second-order valence-electron chi connectivity index (χ2n) is 6.46. The second-order valence-corrected chi connectivity index (χ2v) is 7.86. The summed E-state index contributed by atoms with van der Waals surface area (Å²) in [5.74, 6) is 3.54. The predicted molar refractivity (Wildman–Crippen MR) is 115 cm³/mol. The van der Waals surface area contributed by atoms with Crippen LogP contribution in [0.25, 0.3) is 0 Å². The Hall–Kier alpha value is -2.41. The topological polar surface area (TPSA) is 67.8 Å². The molecule has 150 valence electrons. The lowest BCUT2D eigenvalue weighted by Crippen LogP contribution is -2.39. The third-order valence-electron chi connectivity index (χ3n) is 4.35. The molecule has 2 N–H and O–H groups in total. The number of pyridine rings is 1. The number of thioether (sulfide) groups is 1. The first kappa shape index (κ1) is 20.3. The Morgan fingerprint density at radius 3 is 2.71 bits per heavy atom. The summed E-state index contributed by atoms with van der Waals surface area (Å²) in [6, 6.07) is 13.6. The van der Waals surface area contributed by atoms with Crippen LogP contribution < -0.4 is 20.1 Å². The van der Waals surface area contributed by atoms with E-state index in [1.165, 1.54) is 18.6 Å². The van der Waals surface area contributed by atoms with Crippen molar-refractivity contribution in [3.8, 4) is 11.6 Å². The maximum absolute atomic E-state index is 5.63. The first-order chi connectivity index (χ1) is 13.8. The maximum Gasteiger partial charge on any atom is 0.213 e. The van der Waals surface area contributed by atoms with Crippen molar-refractivity contribution in [1.29, 1.82) is 0 Å². The summed E-state index contributed by atoms with van der Waals surface area (Å²) >= 11 is 2.04. The minimum absolute atomic E-state index is 0.454. The fraction of sp³-hybridized carbons (Fsp3) is 0.429. The molecule has 0 amide bonds. The van der Waals surface area contributed by atoms with Crippen molar-refractivity contribution in [3.05, 3.63) is 54.2 Å².